The van der Waals surface area contributed by atoms with Crippen molar-refractivity contribution in [3.8, 4) is 11.3 Å². The summed E-state index contributed by atoms with van der Waals surface area (Å²) < 4.78 is 18.0. The van der Waals surface area contributed by atoms with Gasteiger partial charge < -0.3 is 19.0 Å². The molecule has 0 amide bonds. The minimum Gasteiger partial charge on any atom is -0.423 e. The van der Waals surface area contributed by atoms with Gasteiger partial charge in [0, 0.05) is 16.3 Å². The van der Waals surface area contributed by atoms with Crippen LogP contribution in [-0.2, 0) is 9.31 Å². The first kappa shape index (κ1) is 19.1. The Hall–Kier alpha value is -2.28. The second kappa shape index (κ2) is 6.96. The number of rotatable bonds is 4. The van der Waals surface area contributed by atoms with Crippen molar-refractivity contribution in [1.82, 2.24) is 4.98 Å². The summed E-state index contributed by atoms with van der Waals surface area (Å²) in [6, 6.07) is 15.7. The van der Waals surface area contributed by atoms with Gasteiger partial charge in [0.15, 0.2) is 5.76 Å². The van der Waals surface area contributed by atoms with Crippen molar-refractivity contribution in [3.63, 3.8) is 0 Å². The molecule has 1 saturated heterocycles. The molecule has 0 aliphatic carbocycles. The minimum atomic E-state index is -0.381. The molecule has 0 bridgehead atoms. The molecule has 0 spiro atoms. The molecule has 0 radical (unpaired) electrons. The van der Waals surface area contributed by atoms with Crippen LogP contribution in [-0.4, -0.2) is 23.3 Å². The highest BCUT2D eigenvalue weighted by Crippen LogP contribution is 2.36. The molecule has 1 aliphatic heterocycles. The molecular formula is C21H22BClN2O3. The summed E-state index contributed by atoms with van der Waals surface area (Å²) >= 11 is 6.00. The van der Waals surface area contributed by atoms with Crippen LogP contribution in [0.2, 0.25) is 5.02 Å². The molecule has 0 saturated carbocycles. The maximum Gasteiger partial charge on any atom is 0.494 e. The zero-order valence-corrected chi connectivity index (χ0v) is 17.1. The number of hydrogen-bond acceptors (Lipinski definition) is 5. The predicted octanol–water partition coefficient (Wildman–Crippen LogP) is 5.04. The molecule has 3 aromatic rings. The van der Waals surface area contributed by atoms with E-state index in [-0.39, 0.29) is 18.3 Å². The van der Waals surface area contributed by atoms with Crippen molar-refractivity contribution in [2.24, 2.45) is 0 Å². The molecule has 144 valence electrons. The lowest BCUT2D eigenvalue weighted by molar-refractivity contribution is 0.00578. The second-order valence-corrected chi connectivity index (χ2v) is 8.31. The van der Waals surface area contributed by atoms with Crippen molar-refractivity contribution >= 4 is 35.9 Å². The van der Waals surface area contributed by atoms with Crippen LogP contribution in [0.3, 0.4) is 0 Å². The van der Waals surface area contributed by atoms with Crippen LogP contribution >= 0.6 is 11.6 Å². The Morgan fingerprint density at radius 1 is 0.964 bits per heavy atom. The standard InChI is InChI=1S/C21H22BClN2O3/c1-20(2)21(3,4)28-22(27-20)15-10-8-14(9-11-15)18-13-24-19(26-18)25-17-7-5-6-16(23)12-17/h5-13H,1-4H3,(H,24,25). The third kappa shape index (κ3) is 3.68. The predicted molar refractivity (Wildman–Crippen MR) is 112 cm³/mol. The third-order valence-corrected chi connectivity index (χ3v) is 5.54. The van der Waals surface area contributed by atoms with E-state index in [9.17, 15) is 0 Å². The maximum atomic E-state index is 6.10. The Morgan fingerprint density at radius 2 is 1.64 bits per heavy atom. The molecule has 1 N–H and O–H groups in total. The SMILES string of the molecule is CC1(C)OB(c2ccc(-c3cnc(Nc4cccc(Cl)c4)o3)cc2)OC1(C)C. The van der Waals surface area contributed by atoms with Crippen molar-refractivity contribution < 1.29 is 13.7 Å². The molecule has 28 heavy (non-hydrogen) atoms. The highest BCUT2D eigenvalue weighted by Gasteiger charge is 2.51. The zero-order chi connectivity index (χ0) is 19.9. The lowest BCUT2D eigenvalue weighted by Gasteiger charge is -2.32. The smallest absolute Gasteiger partial charge is 0.423 e. The van der Waals surface area contributed by atoms with E-state index >= 15 is 0 Å². The van der Waals surface area contributed by atoms with Crippen LogP contribution in [0.1, 0.15) is 27.7 Å². The van der Waals surface area contributed by atoms with Crippen molar-refractivity contribution in [2.45, 2.75) is 38.9 Å². The highest BCUT2D eigenvalue weighted by molar-refractivity contribution is 6.62. The van der Waals surface area contributed by atoms with Crippen LogP contribution in [0.5, 0.6) is 0 Å². The van der Waals surface area contributed by atoms with E-state index in [1.807, 2.05) is 76.2 Å². The van der Waals surface area contributed by atoms with Crippen LogP contribution in [0.15, 0.2) is 59.1 Å². The first-order valence-electron chi connectivity index (χ1n) is 9.18. The monoisotopic (exact) mass is 396 g/mol. The zero-order valence-electron chi connectivity index (χ0n) is 16.3. The normalized spacial score (nSPS) is 17.7. The van der Waals surface area contributed by atoms with Gasteiger partial charge in [-0.1, -0.05) is 41.9 Å². The van der Waals surface area contributed by atoms with Crippen molar-refractivity contribution in [2.75, 3.05) is 5.32 Å². The first-order valence-corrected chi connectivity index (χ1v) is 9.56. The number of oxazole rings is 1. The largest absolute Gasteiger partial charge is 0.494 e. The molecule has 0 atom stereocenters. The Balaban J connectivity index is 1.48. The number of anilines is 2. The summed E-state index contributed by atoms with van der Waals surface area (Å²) in [5.74, 6) is 0.671. The Morgan fingerprint density at radius 3 is 2.29 bits per heavy atom. The van der Waals surface area contributed by atoms with Gasteiger partial charge >= 0.3 is 7.12 Å². The highest BCUT2D eigenvalue weighted by atomic mass is 35.5. The fourth-order valence-corrected chi connectivity index (χ4v) is 3.13. The van der Waals surface area contributed by atoms with Gasteiger partial charge in [-0.15, -0.1) is 0 Å². The van der Waals surface area contributed by atoms with E-state index in [1.54, 1.807) is 6.20 Å². The van der Waals surface area contributed by atoms with Crippen LogP contribution in [0, 0.1) is 0 Å². The molecule has 5 nitrogen and oxygen atoms in total. The summed E-state index contributed by atoms with van der Waals surface area (Å²) in [5.41, 5.74) is 1.99. The van der Waals surface area contributed by atoms with E-state index in [4.69, 9.17) is 25.3 Å². The van der Waals surface area contributed by atoms with Crippen molar-refractivity contribution in [3.05, 3.63) is 59.8 Å². The summed E-state index contributed by atoms with van der Waals surface area (Å²) in [6.07, 6.45) is 1.69. The molecule has 1 fully saturated rings. The number of halogens is 1. The topological polar surface area (TPSA) is 56.5 Å². The molecule has 1 aliphatic rings. The van der Waals surface area contributed by atoms with Crippen LogP contribution in [0.25, 0.3) is 11.3 Å². The molecule has 2 aromatic carbocycles. The first-order chi connectivity index (χ1) is 13.2. The van der Waals surface area contributed by atoms with Crippen LogP contribution < -0.4 is 10.8 Å². The van der Waals surface area contributed by atoms with Crippen LogP contribution in [0.4, 0.5) is 11.7 Å². The number of hydrogen-bond donors (Lipinski definition) is 1. The van der Waals surface area contributed by atoms with E-state index in [1.165, 1.54) is 0 Å². The molecule has 2 heterocycles. The van der Waals surface area contributed by atoms with Gasteiger partial charge in [0.05, 0.1) is 17.4 Å². The van der Waals surface area contributed by atoms with Gasteiger partial charge in [-0.25, -0.2) is 4.98 Å². The lowest BCUT2D eigenvalue weighted by atomic mass is 9.79. The van der Waals surface area contributed by atoms with Gasteiger partial charge in [-0.05, 0) is 51.4 Å². The number of nitrogens with one attached hydrogen (secondary N) is 1. The summed E-state index contributed by atoms with van der Waals surface area (Å²) in [7, 11) is -0.381. The second-order valence-electron chi connectivity index (χ2n) is 7.88. The number of benzene rings is 2. The third-order valence-electron chi connectivity index (χ3n) is 5.30. The van der Waals surface area contributed by atoms with E-state index in [2.05, 4.69) is 10.3 Å². The Kier molecular flexibility index (Phi) is 4.74. The summed E-state index contributed by atoms with van der Waals surface area (Å²) in [6.45, 7) is 8.18. The average molecular weight is 397 g/mol. The number of aromatic nitrogens is 1. The molecule has 1 aromatic heterocycles. The van der Waals surface area contributed by atoms with Crippen molar-refractivity contribution in [1.29, 1.82) is 0 Å². The summed E-state index contributed by atoms with van der Waals surface area (Å²) in [5, 5.41) is 3.76. The Bertz CT molecular complexity index is 969. The molecule has 0 unspecified atom stereocenters. The molecule has 4 rings (SSSR count). The lowest BCUT2D eigenvalue weighted by Crippen LogP contribution is -2.41. The fourth-order valence-electron chi connectivity index (χ4n) is 2.94. The average Bonchev–Trinajstić information content (AvgIpc) is 3.17. The maximum absolute atomic E-state index is 6.10. The Labute approximate surface area is 170 Å². The van der Waals surface area contributed by atoms with E-state index < -0.39 is 0 Å². The molecular weight excluding hydrogens is 375 g/mol. The number of nitrogens with zero attached hydrogens (tertiary/aromatic N) is 1. The quantitative estimate of drug-likeness (QED) is 0.626. The van der Waals surface area contributed by atoms with E-state index in [0.717, 1.165) is 16.7 Å². The van der Waals surface area contributed by atoms with Gasteiger partial charge in [0.25, 0.3) is 6.01 Å². The van der Waals surface area contributed by atoms with Gasteiger partial charge in [-0.3, -0.25) is 0 Å². The van der Waals surface area contributed by atoms with Gasteiger partial charge in [0.1, 0.15) is 0 Å². The fraction of sp³-hybridized carbons (Fsp3) is 0.286. The van der Waals surface area contributed by atoms with Gasteiger partial charge in [0.2, 0.25) is 0 Å². The molecule has 7 heteroatoms. The van der Waals surface area contributed by atoms with E-state index in [0.29, 0.717) is 16.8 Å². The summed E-state index contributed by atoms with van der Waals surface area (Å²) in [4.78, 5) is 4.29. The van der Waals surface area contributed by atoms with Gasteiger partial charge in [-0.2, -0.15) is 0 Å². The minimum absolute atomic E-state index is 0.359.